The molecule has 1 aliphatic carbocycles. The number of phenolic OH excluding ortho intramolecular Hbond substituents is 3. The zero-order valence-electron chi connectivity index (χ0n) is 14.6. The molecule has 3 unspecified atom stereocenters. The number of fused-ring (bicyclic) bond motifs is 2. The lowest BCUT2D eigenvalue weighted by Gasteiger charge is -2.41. The van der Waals surface area contributed by atoms with E-state index in [0.717, 1.165) is 0 Å². The molecule has 4 N–H and O–H groups in total. The van der Waals surface area contributed by atoms with Crippen LogP contribution in [0.15, 0.2) is 18.2 Å². The smallest absolute Gasteiger partial charge is 0.302 e. The van der Waals surface area contributed by atoms with Gasteiger partial charge in [0.05, 0.1) is 22.5 Å². The van der Waals surface area contributed by atoms with Gasteiger partial charge >= 0.3 is 5.97 Å². The van der Waals surface area contributed by atoms with E-state index in [1.165, 1.54) is 32.0 Å². The first-order valence-corrected chi connectivity index (χ1v) is 8.18. The number of esters is 1. The number of phenols is 3. The summed E-state index contributed by atoms with van der Waals surface area (Å²) in [6.07, 6.45) is -1.20. The number of hydrogen-bond acceptors (Lipinski definition) is 7. The summed E-state index contributed by atoms with van der Waals surface area (Å²) >= 11 is 0. The number of aromatic hydroxyl groups is 3. The SMILES string of the molecule is CC(=O)OC(C)C1c2c(c(O)c3c(O)cccc3c2O)C(=O)CC1(C)O. The molecule has 0 spiro atoms. The van der Waals surface area contributed by atoms with Gasteiger partial charge in [-0.2, -0.15) is 0 Å². The van der Waals surface area contributed by atoms with E-state index in [4.69, 9.17) is 4.74 Å². The number of hydrogen-bond donors (Lipinski definition) is 4. The fourth-order valence-electron chi connectivity index (χ4n) is 3.99. The molecule has 0 saturated carbocycles. The molecule has 7 nitrogen and oxygen atoms in total. The Morgan fingerprint density at radius 3 is 2.54 bits per heavy atom. The van der Waals surface area contributed by atoms with E-state index >= 15 is 0 Å². The number of ether oxygens (including phenoxy) is 1. The summed E-state index contributed by atoms with van der Waals surface area (Å²) in [5, 5.41) is 42.4. The average molecular weight is 360 g/mol. The lowest BCUT2D eigenvalue weighted by molar-refractivity contribution is -0.150. The van der Waals surface area contributed by atoms with E-state index in [1.807, 2.05) is 0 Å². The third-order valence-electron chi connectivity index (χ3n) is 4.90. The second-order valence-corrected chi connectivity index (χ2v) is 6.93. The van der Waals surface area contributed by atoms with Gasteiger partial charge in [0.25, 0.3) is 0 Å². The minimum absolute atomic E-state index is 0.00981. The topological polar surface area (TPSA) is 124 Å². The van der Waals surface area contributed by atoms with E-state index in [1.54, 1.807) is 6.92 Å². The molecule has 2 aromatic rings. The van der Waals surface area contributed by atoms with Crippen molar-refractivity contribution in [1.82, 2.24) is 0 Å². The fourth-order valence-corrected chi connectivity index (χ4v) is 3.99. The summed E-state index contributed by atoms with van der Waals surface area (Å²) in [5.41, 5.74) is -1.77. The van der Waals surface area contributed by atoms with Crippen LogP contribution in [-0.2, 0) is 9.53 Å². The summed E-state index contributed by atoms with van der Waals surface area (Å²) in [4.78, 5) is 24.0. The van der Waals surface area contributed by atoms with Gasteiger partial charge in [-0.3, -0.25) is 9.59 Å². The highest BCUT2D eigenvalue weighted by molar-refractivity contribution is 6.11. The minimum Gasteiger partial charge on any atom is -0.507 e. The molecular weight excluding hydrogens is 340 g/mol. The van der Waals surface area contributed by atoms with Crippen molar-refractivity contribution in [2.75, 3.05) is 0 Å². The monoisotopic (exact) mass is 360 g/mol. The van der Waals surface area contributed by atoms with Crippen LogP contribution in [0.5, 0.6) is 17.2 Å². The molecule has 0 saturated heterocycles. The number of aliphatic hydroxyl groups is 1. The van der Waals surface area contributed by atoms with Crippen molar-refractivity contribution in [3.63, 3.8) is 0 Å². The Labute approximate surface area is 149 Å². The van der Waals surface area contributed by atoms with Crippen LogP contribution in [0.2, 0.25) is 0 Å². The van der Waals surface area contributed by atoms with Gasteiger partial charge in [-0.25, -0.2) is 0 Å². The first-order chi connectivity index (χ1) is 12.1. The Morgan fingerprint density at radius 1 is 1.27 bits per heavy atom. The molecule has 0 radical (unpaired) electrons. The van der Waals surface area contributed by atoms with E-state index in [2.05, 4.69) is 0 Å². The highest BCUT2D eigenvalue weighted by Crippen LogP contribution is 2.53. The molecule has 3 rings (SSSR count). The van der Waals surface area contributed by atoms with Crippen molar-refractivity contribution < 1.29 is 34.8 Å². The first kappa shape index (κ1) is 18.0. The van der Waals surface area contributed by atoms with E-state index < -0.39 is 35.1 Å². The van der Waals surface area contributed by atoms with Gasteiger partial charge in [0, 0.05) is 24.3 Å². The first-order valence-electron chi connectivity index (χ1n) is 8.18. The van der Waals surface area contributed by atoms with Gasteiger partial charge in [0.15, 0.2) is 5.78 Å². The summed E-state index contributed by atoms with van der Waals surface area (Å²) in [6.45, 7) is 4.18. The van der Waals surface area contributed by atoms with E-state index in [-0.39, 0.29) is 39.8 Å². The van der Waals surface area contributed by atoms with Crippen LogP contribution in [0, 0.1) is 0 Å². The Hall–Kier alpha value is -2.80. The number of Topliss-reactive ketones (excluding diaryl/α,β-unsaturated/α-hetero) is 1. The van der Waals surface area contributed by atoms with Gasteiger partial charge in [-0.15, -0.1) is 0 Å². The van der Waals surface area contributed by atoms with Gasteiger partial charge < -0.3 is 25.2 Å². The molecule has 0 aromatic heterocycles. The molecule has 7 heteroatoms. The lowest BCUT2D eigenvalue weighted by Crippen LogP contribution is -2.46. The van der Waals surface area contributed by atoms with Crippen molar-refractivity contribution in [2.24, 2.45) is 0 Å². The van der Waals surface area contributed by atoms with Crippen molar-refractivity contribution >= 4 is 22.5 Å². The minimum atomic E-state index is -1.60. The Balaban J connectivity index is 2.39. The Morgan fingerprint density at radius 2 is 1.92 bits per heavy atom. The summed E-state index contributed by atoms with van der Waals surface area (Å²) in [5.74, 6) is -3.19. The number of benzene rings is 2. The van der Waals surface area contributed by atoms with Crippen LogP contribution in [-0.4, -0.2) is 43.9 Å². The third kappa shape index (κ3) is 2.55. The number of carbonyl (C=O) groups excluding carboxylic acids is 2. The van der Waals surface area contributed by atoms with E-state index in [9.17, 15) is 30.0 Å². The third-order valence-corrected chi connectivity index (χ3v) is 4.90. The van der Waals surface area contributed by atoms with Crippen LogP contribution in [0.1, 0.15) is 49.0 Å². The van der Waals surface area contributed by atoms with E-state index in [0.29, 0.717) is 0 Å². The van der Waals surface area contributed by atoms with Crippen LogP contribution in [0.25, 0.3) is 10.8 Å². The number of ketones is 1. The molecule has 1 aliphatic rings. The van der Waals surface area contributed by atoms with Gasteiger partial charge in [0.1, 0.15) is 23.4 Å². The second kappa shape index (κ2) is 5.88. The number of rotatable bonds is 2. The predicted molar refractivity (Wildman–Crippen MR) is 92.5 cm³/mol. The molecule has 138 valence electrons. The van der Waals surface area contributed by atoms with Crippen LogP contribution in [0.4, 0.5) is 0 Å². The highest BCUT2D eigenvalue weighted by atomic mass is 16.5. The van der Waals surface area contributed by atoms with Gasteiger partial charge in [-0.1, -0.05) is 12.1 Å². The summed E-state index contributed by atoms with van der Waals surface area (Å²) in [7, 11) is 0. The van der Waals surface area contributed by atoms with Gasteiger partial charge in [0.2, 0.25) is 0 Å². The maximum atomic E-state index is 12.6. The lowest BCUT2D eigenvalue weighted by atomic mass is 9.68. The molecule has 2 aromatic carbocycles. The van der Waals surface area contributed by atoms with Crippen molar-refractivity contribution in [2.45, 2.75) is 44.8 Å². The standard InChI is InChI=1S/C19H20O7/c1-8(26-9(2)20)16-15-14(12(22)7-19(16,3)25)18(24)13-10(17(15)23)5-4-6-11(13)21/h4-6,8,16,21,23-25H,7H2,1-3H3. The zero-order valence-corrected chi connectivity index (χ0v) is 14.6. The predicted octanol–water partition coefficient (Wildman–Crippen LogP) is 2.33. The molecule has 0 amide bonds. The van der Waals surface area contributed by atoms with Gasteiger partial charge in [-0.05, 0) is 19.9 Å². The molecule has 26 heavy (non-hydrogen) atoms. The quantitative estimate of drug-likeness (QED) is 0.478. The second-order valence-electron chi connectivity index (χ2n) is 6.93. The molecule has 0 bridgehead atoms. The molecule has 3 atom stereocenters. The maximum Gasteiger partial charge on any atom is 0.302 e. The van der Waals surface area contributed by atoms with Crippen molar-refractivity contribution in [3.8, 4) is 17.2 Å². The normalized spacial score (nSPS) is 23.5. The summed E-state index contributed by atoms with van der Waals surface area (Å²) in [6, 6.07) is 4.29. The average Bonchev–Trinajstić information content (AvgIpc) is 2.49. The van der Waals surface area contributed by atoms with Crippen LogP contribution < -0.4 is 0 Å². The Bertz CT molecular complexity index is 929. The van der Waals surface area contributed by atoms with Crippen LogP contribution in [0.3, 0.4) is 0 Å². The maximum absolute atomic E-state index is 12.6. The molecule has 0 fully saturated rings. The molecule has 0 heterocycles. The fraction of sp³-hybridized carbons (Fsp3) is 0.368. The molecule has 0 aliphatic heterocycles. The van der Waals surface area contributed by atoms with Crippen molar-refractivity contribution in [1.29, 1.82) is 0 Å². The van der Waals surface area contributed by atoms with Crippen molar-refractivity contribution in [3.05, 3.63) is 29.3 Å². The Kier molecular flexibility index (Phi) is 4.07. The number of carbonyl (C=O) groups is 2. The largest absolute Gasteiger partial charge is 0.507 e. The summed E-state index contributed by atoms with van der Waals surface area (Å²) < 4.78 is 5.20. The zero-order chi connectivity index (χ0) is 19.4. The van der Waals surface area contributed by atoms with Crippen LogP contribution >= 0.6 is 0 Å². The highest BCUT2D eigenvalue weighted by Gasteiger charge is 2.49. The molecular formula is C19H20O7.